The van der Waals surface area contributed by atoms with E-state index in [-0.39, 0.29) is 5.41 Å². The van der Waals surface area contributed by atoms with Crippen molar-refractivity contribution in [1.82, 2.24) is 23.5 Å². The third-order valence-corrected chi connectivity index (χ3v) is 8.21. The third kappa shape index (κ3) is 4.07. The van der Waals surface area contributed by atoms with Crippen molar-refractivity contribution in [2.75, 3.05) is 0 Å². The van der Waals surface area contributed by atoms with Crippen LogP contribution in [0.2, 0.25) is 0 Å². The van der Waals surface area contributed by atoms with Crippen LogP contribution in [0.4, 0.5) is 0 Å². The zero-order valence-corrected chi connectivity index (χ0v) is 24.9. The van der Waals surface area contributed by atoms with Crippen molar-refractivity contribution in [3.8, 4) is 23.0 Å². The van der Waals surface area contributed by atoms with Gasteiger partial charge in [0, 0.05) is 12.3 Å². The maximum absolute atomic E-state index is 8.01. The van der Waals surface area contributed by atoms with Crippen LogP contribution in [0, 0.1) is 13.3 Å². The quantitative estimate of drug-likeness (QED) is 0.158. The SMILES string of the molecule is [2H]C([2H])([2H])[n+]1[c-]n(-c2cccc(Oc3ccc4c(c3)n(-c3cc(C(C)(C)C)ccn3)c3nc5c(C)cccc5n43)c2)c2ccccc21. The van der Waals surface area contributed by atoms with Crippen LogP contribution >= 0.6 is 0 Å². The molecule has 7 heteroatoms. The molecule has 7 nitrogen and oxygen atoms in total. The Hall–Kier alpha value is -5.43. The maximum atomic E-state index is 8.01. The van der Waals surface area contributed by atoms with Crippen molar-refractivity contribution in [3.63, 3.8) is 0 Å². The predicted octanol–water partition coefficient (Wildman–Crippen LogP) is 7.79. The Balaban J connectivity index is 1.27. The molecule has 4 aromatic heterocycles. The largest absolute Gasteiger partial charge is 0.458 e. The maximum Gasteiger partial charge on any atom is 0.244 e. The van der Waals surface area contributed by atoms with Gasteiger partial charge in [-0.15, -0.1) is 0 Å². The minimum Gasteiger partial charge on any atom is -0.458 e. The number of aryl methyl sites for hydroxylation is 2. The summed E-state index contributed by atoms with van der Waals surface area (Å²) >= 11 is 0. The van der Waals surface area contributed by atoms with Crippen molar-refractivity contribution in [2.24, 2.45) is 6.98 Å². The number of rotatable bonds is 4. The summed E-state index contributed by atoms with van der Waals surface area (Å²) in [7, 11) is 0. The van der Waals surface area contributed by atoms with Gasteiger partial charge in [0.05, 0.1) is 49.9 Å². The molecule has 216 valence electrons. The zero-order chi connectivity index (χ0) is 32.7. The number of hydrogen-bond acceptors (Lipinski definition) is 3. The third-order valence-electron chi connectivity index (χ3n) is 8.21. The van der Waals surface area contributed by atoms with Gasteiger partial charge in [0.25, 0.3) is 0 Å². The van der Waals surface area contributed by atoms with E-state index in [1.807, 2.05) is 60.8 Å². The van der Waals surface area contributed by atoms with E-state index in [2.05, 4.69) is 79.4 Å². The fraction of sp³-hybridized carbons (Fsp3) is 0.162. The number of hydrogen-bond donors (Lipinski definition) is 0. The van der Waals surface area contributed by atoms with Crippen molar-refractivity contribution < 1.29 is 13.4 Å². The van der Waals surface area contributed by atoms with Gasteiger partial charge in [0.15, 0.2) is 0 Å². The summed E-state index contributed by atoms with van der Waals surface area (Å²) in [5.74, 6) is 2.80. The number of ether oxygens (including phenoxy) is 1. The second-order valence-electron chi connectivity index (χ2n) is 12.2. The minimum absolute atomic E-state index is 0.0574. The van der Waals surface area contributed by atoms with Gasteiger partial charge in [-0.2, -0.15) is 0 Å². The van der Waals surface area contributed by atoms with E-state index < -0.39 is 6.98 Å². The molecule has 0 atom stereocenters. The molecule has 8 aromatic rings. The van der Waals surface area contributed by atoms with Gasteiger partial charge >= 0.3 is 0 Å². The first-order valence-electron chi connectivity index (χ1n) is 16.1. The van der Waals surface area contributed by atoms with Gasteiger partial charge in [-0.25, -0.2) is 9.97 Å². The lowest BCUT2D eigenvalue weighted by Crippen LogP contribution is -2.26. The molecule has 8 rings (SSSR count). The molecule has 0 unspecified atom stereocenters. The average Bonchev–Trinajstić information content (AvgIpc) is 3.70. The zero-order valence-electron chi connectivity index (χ0n) is 27.9. The van der Waals surface area contributed by atoms with Crippen LogP contribution in [0.15, 0.2) is 103 Å². The van der Waals surface area contributed by atoms with E-state index in [1.165, 1.54) is 10.1 Å². The molecule has 0 spiro atoms. The molecule has 0 radical (unpaired) electrons. The number of para-hydroxylation sites is 3. The fourth-order valence-corrected chi connectivity index (χ4v) is 5.96. The second kappa shape index (κ2) is 9.54. The lowest BCUT2D eigenvalue weighted by atomic mass is 9.88. The number of aromatic nitrogens is 6. The number of benzene rings is 4. The summed E-state index contributed by atoms with van der Waals surface area (Å²) in [6.45, 7) is 6.30. The Morgan fingerprint density at radius 3 is 2.50 bits per heavy atom. The number of fused-ring (bicyclic) bond motifs is 6. The van der Waals surface area contributed by atoms with Crippen LogP contribution in [-0.4, -0.2) is 23.5 Å². The first kappa shape index (κ1) is 23.1. The number of pyridine rings is 1. The molecule has 0 aliphatic carbocycles. The highest BCUT2D eigenvalue weighted by molar-refractivity contribution is 5.93. The second-order valence-corrected chi connectivity index (χ2v) is 12.2. The van der Waals surface area contributed by atoms with E-state index in [0.29, 0.717) is 17.0 Å². The summed E-state index contributed by atoms with van der Waals surface area (Å²) in [6.07, 6.45) is 4.88. The molecule has 0 amide bonds. The summed E-state index contributed by atoms with van der Waals surface area (Å²) in [4.78, 5) is 9.93. The summed E-state index contributed by atoms with van der Waals surface area (Å²) < 4.78 is 37.7. The van der Waals surface area contributed by atoms with Crippen molar-refractivity contribution in [3.05, 3.63) is 121 Å². The van der Waals surface area contributed by atoms with Crippen LogP contribution in [0.3, 0.4) is 0 Å². The monoisotopic (exact) mass is 579 g/mol. The topological polar surface area (TPSA) is 53.2 Å². The van der Waals surface area contributed by atoms with Gasteiger partial charge in [-0.3, -0.25) is 8.97 Å². The summed E-state index contributed by atoms with van der Waals surface area (Å²) in [5, 5.41) is 0. The van der Waals surface area contributed by atoms with E-state index in [9.17, 15) is 0 Å². The van der Waals surface area contributed by atoms with Crippen LogP contribution in [-0.2, 0) is 12.4 Å². The molecule has 0 bridgehead atoms. The van der Waals surface area contributed by atoms with Crippen LogP contribution < -0.4 is 9.30 Å². The summed E-state index contributed by atoms with van der Waals surface area (Å²) in [6, 6.07) is 31.4. The van der Waals surface area contributed by atoms with E-state index in [4.69, 9.17) is 18.8 Å². The normalized spacial score (nSPS) is 13.5. The highest BCUT2D eigenvalue weighted by Gasteiger charge is 2.21. The van der Waals surface area contributed by atoms with Gasteiger partial charge in [-0.1, -0.05) is 69.3 Å². The van der Waals surface area contributed by atoms with Gasteiger partial charge in [0.1, 0.15) is 17.3 Å². The van der Waals surface area contributed by atoms with E-state index in [0.717, 1.165) is 50.4 Å². The molecule has 0 saturated heterocycles. The van der Waals surface area contributed by atoms with Crippen molar-refractivity contribution in [1.29, 1.82) is 0 Å². The van der Waals surface area contributed by atoms with Crippen molar-refractivity contribution in [2.45, 2.75) is 33.1 Å². The molecule has 0 N–H and O–H groups in total. The van der Waals surface area contributed by atoms with E-state index >= 15 is 0 Å². The Morgan fingerprint density at radius 1 is 0.818 bits per heavy atom. The number of imidazole rings is 3. The Kier molecular flexibility index (Phi) is 5.00. The molecular weight excluding hydrogens is 544 g/mol. The molecule has 44 heavy (non-hydrogen) atoms. The lowest BCUT2D eigenvalue weighted by molar-refractivity contribution is -0.649. The van der Waals surface area contributed by atoms with Crippen molar-refractivity contribution >= 4 is 38.9 Å². The molecule has 0 saturated carbocycles. The number of nitrogens with zero attached hydrogens (tertiary/aromatic N) is 6. The Bertz CT molecular complexity index is 2500. The minimum atomic E-state index is -2.37. The Labute approximate surface area is 259 Å². The first-order valence-corrected chi connectivity index (χ1v) is 14.6. The smallest absolute Gasteiger partial charge is 0.244 e. The Morgan fingerprint density at radius 2 is 1.64 bits per heavy atom. The van der Waals surface area contributed by atoms with Crippen LogP contribution in [0.25, 0.3) is 50.4 Å². The molecule has 4 aromatic carbocycles. The summed E-state index contributed by atoms with van der Waals surface area (Å²) in [5.41, 5.74) is 8.14. The molecule has 0 aliphatic heterocycles. The molecule has 0 fully saturated rings. The highest BCUT2D eigenvalue weighted by Crippen LogP contribution is 2.34. The van der Waals surface area contributed by atoms with Gasteiger partial charge in [-0.05, 0) is 65.9 Å². The van der Waals surface area contributed by atoms with Crippen LogP contribution in [0.5, 0.6) is 11.5 Å². The molecular formula is C37H32N6O. The van der Waals surface area contributed by atoms with Gasteiger partial charge in [0.2, 0.25) is 12.1 Å². The average molecular weight is 580 g/mol. The first-order chi connectivity index (χ1) is 22.5. The fourth-order valence-electron chi connectivity index (χ4n) is 5.96. The van der Waals surface area contributed by atoms with E-state index in [1.54, 1.807) is 10.6 Å². The van der Waals surface area contributed by atoms with Gasteiger partial charge < -0.3 is 13.9 Å². The lowest BCUT2D eigenvalue weighted by Gasteiger charge is -2.19. The van der Waals surface area contributed by atoms with Crippen LogP contribution in [0.1, 0.15) is 36.0 Å². The molecule has 4 heterocycles. The molecule has 0 aliphatic rings. The standard InChI is InChI=1S/C37H32N6O/c1-24-10-8-15-32-35(24)39-36-42(32)31-17-16-28(22-33(31)43(36)34-20-25(18-19-38-34)37(2,3)4)44-27-12-9-11-26(21-27)41-23-40(5)29-13-6-7-14-30(29)41/h6-22H,1-5H3/i5D3. The predicted molar refractivity (Wildman–Crippen MR) is 174 cm³/mol. The highest BCUT2D eigenvalue weighted by atomic mass is 16.5.